The number of ketones is 2. The number of phenols is 1. The minimum atomic E-state index is -2.75. The fourth-order valence-corrected chi connectivity index (χ4v) is 7.59. The van der Waals surface area contributed by atoms with Crippen molar-refractivity contribution in [2.75, 3.05) is 26.0 Å². The molecule has 3 aliphatic carbocycles. The Balaban J connectivity index is 1.68. The van der Waals surface area contributed by atoms with Gasteiger partial charge in [-0.1, -0.05) is 27.1 Å². The number of carbonyl (C=O) groups excluding carboxylic acids is 4. The number of hydrogen-bond donors (Lipinski definition) is 5. The molecule has 0 spiro atoms. The number of aliphatic hydroxyl groups is 3. The predicted octanol–water partition coefficient (Wildman–Crippen LogP) is 2.59. The fourth-order valence-electron chi connectivity index (χ4n) is 6.49. The van der Waals surface area contributed by atoms with E-state index in [1.165, 1.54) is 17.8 Å². The lowest BCUT2D eigenvalue weighted by atomic mass is 9.58. The van der Waals surface area contributed by atoms with E-state index in [2.05, 4.69) is 9.39 Å². The van der Waals surface area contributed by atoms with E-state index in [0.717, 1.165) is 17.3 Å². The molecule has 5 atom stereocenters. The minimum Gasteiger partial charge on any atom is -0.510 e. The normalized spacial score (nSPS) is 25.0. The van der Waals surface area contributed by atoms with Gasteiger partial charge in [-0.3, -0.25) is 23.8 Å². The molecule has 11 nitrogen and oxygen atoms in total. The van der Waals surface area contributed by atoms with Crippen molar-refractivity contribution in [3.05, 3.63) is 75.3 Å². The third kappa shape index (κ3) is 4.64. The zero-order valence-corrected chi connectivity index (χ0v) is 25.9. The molecule has 0 aromatic heterocycles. The third-order valence-corrected chi connectivity index (χ3v) is 9.75. The number of benzene rings is 2. The molecule has 1 amide bonds. The number of rotatable bonds is 5. The van der Waals surface area contributed by atoms with Crippen molar-refractivity contribution in [1.82, 2.24) is 4.67 Å². The van der Waals surface area contributed by atoms with Crippen LogP contribution >= 0.6 is 21.2 Å². The summed E-state index contributed by atoms with van der Waals surface area (Å²) in [5.74, 6) is -7.52. The molecule has 2 aromatic rings. The molecule has 226 valence electrons. The van der Waals surface area contributed by atoms with Crippen LogP contribution in [0.5, 0.6) is 5.75 Å². The number of fused-ring (bicyclic) bond motifs is 3. The van der Waals surface area contributed by atoms with Gasteiger partial charge in [-0.2, -0.15) is 0 Å². The summed E-state index contributed by atoms with van der Waals surface area (Å²) in [7, 11) is 7.30. The topological polar surface area (TPSA) is 182 Å². The Kier molecular flexibility index (Phi) is 7.71. The van der Waals surface area contributed by atoms with E-state index < -0.39 is 68.9 Å². The molecule has 43 heavy (non-hydrogen) atoms. The first kappa shape index (κ1) is 30.7. The molecule has 0 saturated carbocycles. The number of Topliss-reactive ketones (excluding diaryl/α,β-unsaturated/α-hetero) is 2. The molecular weight excluding hydrogens is 593 g/mol. The number of allylic oxidation sites excluding steroid dienone is 1. The fraction of sp³-hybridized carbons (Fsp3) is 0.333. The highest BCUT2D eigenvalue weighted by atomic mass is 32.2. The number of thioether (sulfide) groups is 1. The number of amides is 1. The molecule has 0 radical (unpaired) electrons. The van der Waals surface area contributed by atoms with E-state index in [9.17, 15) is 39.6 Å². The number of anilines is 1. The summed E-state index contributed by atoms with van der Waals surface area (Å²) >= 11 is 0.882. The van der Waals surface area contributed by atoms with Crippen LogP contribution < -0.4 is 10.6 Å². The van der Waals surface area contributed by atoms with E-state index in [-0.39, 0.29) is 29.5 Å². The van der Waals surface area contributed by atoms with E-state index in [0.29, 0.717) is 16.1 Å². The Morgan fingerprint density at radius 1 is 1.09 bits per heavy atom. The highest BCUT2D eigenvalue weighted by molar-refractivity contribution is 8.14. The molecule has 0 heterocycles. The first-order chi connectivity index (χ1) is 20.1. The van der Waals surface area contributed by atoms with Crippen molar-refractivity contribution < 1.29 is 39.6 Å². The SMILES string of the molecule is Cc1ccc(SC(=O)c2cc(N(C)C)c3c(c2O)C(=O)C2=C(O)[C@]4(O)C(=O)C(C(N)=O)=C(O)[C@@H](N(C)P)[C@@H]4C[C@@H]2C3)cc1. The summed E-state index contributed by atoms with van der Waals surface area (Å²) in [4.78, 5) is 55.6. The smallest absolute Gasteiger partial charge is 0.255 e. The van der Waals surface area contributed by atoms with Gasteiger partial charge in [0.15, 0.2) is 11.4 Å². The van der Waals surface area contributed by atoms with E-state index in [1.807, 2.05) is 19.1 Å². The molecule has 1 unspecified atom stereocenters. The maximum absolute atomic E-state index is 14.1. The summed E-state index contributed by atoms with van der Waals surface area (Å²) < 4.78 is 1.41. The first-order valence-corrected chi connectivity index (χ1v) is 14.7. The maximum atomic E-state index is 14.1. The highest BCUT2D eigenvalue weighted by Gasteiger charge is 2.63. The van der Waals surface area contributed by atoms with Crippen LogP contribution in [0, 0.1) is 18.8 Å². The van der Waals surface area contributed by atoms with Gasteiger partial charge in [-0.15, -0.1) is 0 Å². The number of aliphatic hydroxyl groups excluding tert-OH is 2. The van der Waals surface area contributed by atoms with Crippen LogP contribution in [0.3, 0.4) is 0 Å². The molecule has 5 rings (SSSR count). The van der Waals surface area contributed by atoms with Gasteiger partial charge < -0.3 is 31.1 Å². The Bertz CT molecular complexity index is 1670. The summed E-state index contributed by atoms with van der Waals surface area (Å²) in [5.41, 5.74) is 3.08. The van der Waals surface area contributed by atoms with Crippen molar-refractivity contribution >= 4 is 49.4 Å². The van der Waals surface area contributed by atoms with Gasteiger partial charge in [-0.05, 0) is 68.3 Å². The summed E-state index contributed by atoms with van der Waals surface area (Å²) in [6.07, 6.45) is 0.0756. The monoisotopic (exact) mass is 625 g/mol. The molecule has 0 saturated heterocycles. The second kappa shape index (κ2) is 10.8. The zero-order chi connectivity index (χ0) is 31.7. The van der Waals surface area contributed by atoms with Gasteiger partial charge in [0.1, 0.15) is 22.8 Å². The van der Waals surface area contributed by atoms with Crippen molar-refractivity contribution in [1.29, 1.82) is 0 Å². The standard InChI is InChI=1S/C30H32N3O8PS/c1-12-5-7-14(8-6-12)43-29(40)16-11-18(32(2)3)15-9-13-10-17-22(33(4)42)25(36)21(28(31)39)27(38)30(17,41)26(37)19(13)24(35)20(15)23(16)34/h5-8,11,13,17,22,34,36-37,41H,9-10,42H2,1-4H3,(H2,31,39)/t13-,17-,22-,30-/m0/s1. The number of nitrogens with zero attached hydrogens (tertiary/aromatic N) is 2. The first-order valence-electron chi connectivity index (χ1n) is 13.4. The van der Waals surface area contributed by atoms with Gasteiger partial charge in [-0.25, -0.2) is 0 Å². The van der Waals surface area contributed by atoms with Gasteiger partial charge in [0.25, 0.3) is 5.91 Å². The van der Waals surface area contributed by atoms with Crippen molar-refractivity contribution in [3.63, 3.8) is 0 Å². The molecule has 2 aromatic carbocycles. The number of aromatic hydroxyl groups is 1. The molecule has 0 aliphatic heterocycles. The van der Waals surface area contributed by atoms with Gasteiger partial charge in [0.2, 0.25) is 10.9 Å². The summed E-state index contributed by atoms with van der Waals surface area (Å²) in [6, 6.07) is 7.64. The number of nitrogens with two attached hydrogens (primary N) is 1. The Morgan fingerprint density at radius 3 is 2.28 bits per heavy atom. The number of phenolic OH excluding ortho intramolecular Hbond substituents is 1. The quantitative estimate of drug-likeness (QED) is 0.187. The van der Waals surface area contributed by atoms with Crippen LogP contribution in [0.4, 0.5) is 5.69 Å². The molecule has 13 heteroatoms. The number of carbonyl (C=O) groups is 4. The second-order valence-corrected chi connectivity index (χ2v) is 13.3. The van der Waals surface area contributed by atoms with Crippen molar-refractivity contribution in [2.24, 2.45) is 17.6 Å². The van der Waals surface area contributed by atoms with Crippen molar-refractivity contribution in [2.45, 2.75) is 36.3 Å². The molecule has 0 bridgehead atoms. The van der Waals surface area contributed by atoms with Crippen LogP contribution in [0.25, 0.3) is 0 Å². The largest absolute Gasteiger partial charge is 0.510 e. The number of likely N-dealkylation sites (N-methyl/N-ethyl adjacent to an activating group) is 1. The highest BCUT2D eigenvalue weighted by Crippen LogP contribution is 2.54. The van der Waals surface area contributed by atoms with Crippen LogP contribution in [0.1, 0.15) is 38.3 Å². The Labute approximate surface area is 254 Å². The van der Waals surface area contributed by atoms with Gasteiger partial charge in [0.05, 0.1) is 17.2 Å². The van der Waals surface area contributed by atoms with Gasteiger partial charge >= 0.3 is 0 Å². The third-order valence-electron chi connectivity index (χ3n) is 8.51. The average molecular weight is 626 g/mol. The van der Waals surface area contributed by atoms with E-state index >= 15 is 0 Å². The van der Waals surface area contributed by atoms with E-state index in [4.69, 9.17) is 5.73 Å². The minimum absolute atomic E-state index is 0.0378. The van der Waals surface area contributed by atoms with Crippen LogP contribution in [0.2, 0.25) is 0 Å². The number of primary amides is 1. The lowest BCUT2D eigenvalue weighted by Crippen LogP contribution is -2.63. The second-order valence-electron chi connectivity index (χ2n) is 11.4. The average Bonchev–Trinajstić information content (AvgIpc) is 2.91. The van der Waals surface area contributed by atoms with Gasteiger partial charge in [0, 0.05) is 36.2 Å². The molecule has 3 aliphatic rings. The predicted molar refractivity (Wildman–Crippen MR) is 163 cm³/mol. The zero-order valence-electron chi connectivity index (χ0n) is 23.9. The van der Waals surface area contributed by atoms with E-state index in [1.54, 1.807) is 31.1 Å². The molecule has 0 fully saturated rings. The molecular formula is C30H32N3O8PS. The van der Waals surface area contributed by atoms with Crippen LogP contribution in [0.15, 0.2) is 57.9 Å². The summed E-state index contributed by atoms with van der Waals surface area (Å²) in [6.45, 7) is 1.91. The number of hydrogen-bond acceptors (Lipinski definition) is 11. The Hall–Kier alpha value is -3.70. The summed E-state index contributed by atoms with van der Waals surface area (Å²) in [5, 5.41) is 45.1. The molecule has 6 N–H and O–H groups in total. The van der Waals surface area contributed by atoms with Crippen LogP contribution in [-0.4, -0.2) is 80.5 Å². The lowest BCUT2D eigenvalue weighted by Gasteiger charge is -2.50. The maximum Gasteiger partial charge on any atom is 0.255 e. The Morgan fingerprint density at radius 2 is 1.72 bits per heavy atom. The van der Waals surface area contributed by atoms with Crippen molar-refractivity contribution in [3.8, 4) is 5.75 Å². The van der Waals surface area contributed by atoms with Crippen LogP contribution in [-0.2, 0) is 16.0 Å². The number of aryl methyl sites for hydroxylation is 1. The lowest BCUT2D eigenvalue weighted by molar-refractivity contribution is -0.147.